The monoisotopic (exact) mass is 410 g/mol. The first-order chi connectivity index (χ1) is 14.5. The molecule has 4 rings (SSSR count). The van der Waals surface area contributed by atoms with E-state index in [9.17, 15) is 9.50 Å². The van der Waals surface area contributed by atoms with Gasteiger partial charge in [0.05, 0.1) is 17.6 Å². The minimum absolute atomic E-state index is 0.168. The van der Waals surface area contributed by atoms with Gasteiger partial charge in [0.15, 0.2) is 5.82 Å². The molecule has 2 aromatic heterocycles. The van der Waals surface area contributed by atoms with Crippen molar-refractivity contribution in [3.05, 3.63) is 48.7 Å². The lowest BCUT2D eigenvalue weighted by atomic mass is 9.80. The summed E-state index contributed by atoms with van der Waals surface area (Å²) in [5, 5.41) is 13.8. The van der Waals surface area contributed by atoms with Gasteiger partial charge in [-0.25, -0.2) is 19.3 Å². The zero-order valence-corrected chi connectivity index (χ0v) is 17.1. The van der Waals surface area contributed by atoms with Crippen LogP contribution in [-0.2, 0) is 0 Å². The molecule has 158 valence electrons. The number of anilines is 1. The summed E-state index contributed by atoms with van der Waals surface area (Å²) in [7, 11) is 1.81. The largest absolute Gasteiger partial charge is 0.390 e. The summed E-state index contributed by atoms with van der Waals surface area (Å²) in [6.07, 6.45) is 7.14. The molecule has 1 aliphatic carbocycles. The molecule has 1 fully saturated rings. The van der Waals surface area contributed by atoms with Gasteiger partial charge in [-0.15, -0.1) is 0 Å². The first-order valence-electron chi connectivity index (χ1n) is 10.3. The molecule has 3 aromatic rings. The van der Waals surface area contributed by atoms with Gasteiger partial charge in [0.25, 0.3) is 0 Å². The molecule has 1 aromatic carbocycles. The van der Waals surface area contributed by atoms with E-state index in [2.05, 4.69) is 24.8 Å². The van der Waals surface area contributed by atoms with E-state index in [1.54, 1.807) is 30.7 Å². The zero-order valence-electron chi connectivity index (χ0n) is 17.1. The van der Waals surface area contributed by atoms with Crippen LogP contribution in [0.1, 0.15) is 38.1 Å². The highest BCUT2D eigenvalue weighted by atomic mass is 19.1. The highest BCUT2D eigenvalue weighted by Crippen LogP contribution is 2.40. The summed E-state index contributed by atoms with van der Waals surface area (Å²) >= 11 is 0. The standard InChI is InChI=1S/C22H27FN6O/c1-25-18-8-13-26-21(28-18)20-19(15-2-4-16(23)5-3-15)27-14-29(20)17-6-9-22(30,10-7-17)11-12-24/h2-5,8,13-14,17,30H,6-7,9-12,24H2,1H3,(H,25,26,28). The molecule has 0 bridgehead atoms. The molecule has 0 saturated heterocycles. The third-order valence-corrected chi connectivity index (χ3v) is 5.92. The van der Waals surface area contributed by atoms with Crippen LogP contribution >= 0.6 is 0 Å². The Morgan fingerprint density at radius 2 is 1.93 bits per heavy atom. The molecule has 0 aliphatic heterocycles. The van der Waals surface area contributed by atoms with Crippen molar-refractivity contribution in [1.82, 2.24) is 19.5 Å². The maximum Gasteiger partial charge on any atom is 0.180 e. The first kappa shape index (κ1) is 20.4. The molecule has 30 heavy (non-hydrogen) atoms. The molecule has 7 nitrogen and oxygen atoms in total. The number of benzene rings is 1. The van der Waals surface area contributed by atoms with Crippen LogP contribution in [0.3, 0.4) is 0 Å². The Labute approximate surface area is 175 Å². The van der Waals surface area contributed by atoms with Crippen LogP contribution in [0.2, 0.25) is 0 Å². The highest BCUT2D eigenvalue weighted by molar-refractivity contribution is 5.75. The lowest BCUT2D eigenvalue weighted by Crippen LogP contribution is -2.36. The third kappa shape index (κ3) is 4.06. The maximum absolute atomic E-state index is 13.5. The Bertz CT molecular complexity index is 995. The molecule has 0 unspecified atom stereocenters. The molecule has 1 aliphatic rings. The summed E-state index contributed by atoms with van der Waals surface area (Å²) in [5.41, 5.74) is 7.30. The molecular weight excluding hydrogens is 383 g/mol. The second-order valence-electron chi connectivity index (χ2n) is 7.87. The van der Waals surface area contributed by atoms with Crippen LogP contribution in [-0.4, -0.2) is 43.8 Å². The van der Waals surface area contributed by atoms with E-state index in [0.717, 1.165) is 24.1 Å². The summed E-state index contributed by atoms with van der Waals surface area (Å²) in [4.78, 5) is 13.8. The van der Waals surface area contributed by atoms with Crippen LogP contribution in [0.15, 0.2) is 42.9 Å². The number of rotatable bonds is 6. The number of aliphatic hydroxyl groups is 1. The van der Waals surface area contributed by atoms with E-state index in [-0.39, 0.29) is 11.9 Å². The van der Waals surface area contributed by atoms with Crippen molar-refractivity contribution < 1.29 is 9.50 Å². The number of nitrogens with one attached hydrogen (secondary N) is 1. The normalized spacial score (nSPS) is 21.5. The van der Waals surface area contributed by atoms with Crippen molar-refractivity contribution in [1.29, 1.82) is 0 Å². The van der Waals surface area contributed by atoms with Gasteiger partial charge in [0.2, 0.25) is 0 Å². The number of nitrogens with zero attached hydrogens (tertiary/aromatic N) is 4. The number of hydrogen-bond donors (Lipinski definition) is 3. The maximum atomic E-state index is 13.5. The van der Waals surface area contributed by atoms with Gasteiger partial charge in [0, 0.05) is 24.8 Å². The van der Waals surface area contributed by atoms with Gasteiger partial charge in [-0.3, -0.25) is 0 Å². The van der Waals surface area contributed by atoms with E-state index in [4.69, 9.17) is 5.73 Å². The quantitative estimate of drug-likeness (QED) is 0.576. The van der Waals surface area contributed by atoms with Crippen molar-refractivity contribution in [2.24, 2.45) is 5.73 Å². The van der Waals surface area contributed by atoms with Gasteiger partial charge in [0.1, 0.15) is 17.3 Å². The molecule has 0 spiro atoms. The van der Waals surface area contributed by atoms with Gasteiger partial charge in [-0.05, 0) is 69.0 Å². The topological polar surface area (TPSA) is 102 Å². The fourth-order valence-corrected chi connectivity index (χ4v) is 4.23. The predicted molar refractivity (Wildman–Crippen MR) is 114 cm³/mol. The summed E-state index contributed by atoms with van der Waals surface area (Å²) < 4.78 is 15.6. The second-order valence-corrected chi connectivity index (χ2v) is 7.87. The van der Waals surface area contributed by atoms with Gasteiger partial charge in [-0.1, -0.05) is 0 Å². The van der Waals surface area contributed by atoms with Crippen molar-refractivity contribution in [3.8, 4) is 22.8 Å². The van der Waals surface area contributed by atoms with E-state index >= 15 is 0 Å². The smallest absolute Gasteiger partial charge is 0.180 e. The molecule has 8 heteroatoms. The number of aromatic nitrogens is 4. The van der Waals surface area contributed by atoms with E-state index in [0.29, 0.717) is 43.1 Å². The predicted octanol–water partition coefficient (Wildman–Crippen LogP) is 3.38. The Hall–Kier alpha value is -2.84. The number of halogens is 1. The fourth-order valence-electron chi connectivity index (χ4n) is 4.23. The third-order valence-electron chi connectivity index (χ3n) is 5.92. The number of imidazole rings is 1. The van der Waals surface area contributed by atoms with Gasteiger partial charge in [-0.2, -0.15) is 0 Å². The minimum Gasteiger partial charge on any atom is -0.390 e. The van der Waals surface area contributed by atoms with E-state index < -0.39 is 5.60 Å². The van der Waals surface area contributed by atoms with Crippen LogP contribution < -0.4 is 11.1 Å². The fraction of sp³-hybridized carbons (Fsp3) is 0.409. The van der Waals surface area contributed by atoms with Crippen molar-refractivity contribution in [3.63, 3.8) is 0 Å². The molecule has 2 heterocycles. The van der Waals surface area contributed by atoms with Gasteiger partial charge >= 0.3 is 0 Å². The lowest BCUT2D eigenvalue weighted by molar-refractivity contribution is -0.0124. The van der Waals surface area contributed by atoms with E-state index in [1.807, 2.05) is 7.05 Å². The lowest BCUT2D eigenvalue weighted by Gasteiger charge is -2.36. The van der Waals surface area contributed by atoms with Crippen molar-refractivity contribution in [2.75, 3.05) is 18.9 Å². The summed E-state index contributed by atoms with van der Waals surface area (Å²) in [6, 6.07) is 8.26. The summed E-state index contributed by atoms with van der Waals surface area (Å²) in [5.74, 6) is 0.972. The van der Waals surface area contributed by atoms with Gasteiger partial charge < -0.3 is 20.7 Å². The molecule has 1 saturated carbocycles. The van der Waals surface area contributed by atoms with Crippen LogP contribution in [0.25, 0.3) is 22.8 Å². The number of hydrogen-bond acceptors (Lipinski definition) is 6. The molecular formula is C22H27FN6O. The highest BCUT2D eigenvalue weighted by Gasteiger charge is 2.34. The molecule has 0 amide bonds. The van der Waals surface area contributed by atoms with Crippen LogP contribution in [0.4, 0.5) is 10.2 Å². The van der Waals surface area contributed by atoms with E-state index in [1.165, 1.54) is 12.1 Å². The molecule has 0 atom stereocenters. The Kier molecular flexibility index (Phi) is 5.78. The second kappa shape index (κ2) is 8.49. The Morgan fingerprint density at radius 1 is 1.20 bits per heavy atom. The summed E-state index contributed by atoms with van der Waals surface area (Å²) in [6.45, 7) is 0.483. The number of nitrogens with two attached hydrogens (primary N) is 1. The molecule has 4 N–H and O–H groups in total. The Morgan fingerprint density at radius 3 is 2.60 bits per heavy atom. The van der Waals surface area contributed by atoms with Crippen molar-refractivity contribution >= 4 is 5.82 Å². The van der Waals surface area contributed by atoms with Crippen LogP contribution in [0, 0.1) is 5.82 Å². The average Bonchev–Trinajstić information content (AvgIpc) is 3.20. The minimum atomic E-state index is -0.686. The SMILES string of the molecule is CNc1ccnc(-c2c(-c3ccc(F)cc3)ncn2C2CCC(O)(CCN)CC2)n1. The van der Waals surface area contributed by atoms with Crippen molar-refractivity contribution in [2.45, 2.75) is 43.7 Å². The average molecular weight is 410 g/mol. The first-order valence-corrected chi connectivity index (χ1v) is 10.3. The zero-order chi connectivity index (χ0) is 21.1. The Balaban J connectivity index is 1.75. The van der Waals surface area contributed by atoms with Crippen LogP contribution in [0.5, 0.6) is 0 Å². The molecule has 0 radical (unpaired) electrons.